The predicted octanol–water partition coefficient (Wildman–Crippen LogP) is 0.189. The van der Waals surface area contributed by atoms with Crippen molar-refractivity contribution in [1.82, 2.24) is 15.0 Å². The molecule has 0 aliphatic carbocycles. The normalized spacial score (nSPS) is 22.4. The first kappa shape index (κ1) is 12.0. The average molecular weight is 265 g/mol. The SMILES string of the molecule is Cc1cc(CC(=O)N2CCN3C(=O)OCC3C2)on1. The quantitative estimate of drug-likeness (QED) is 0.763. The lowest BCUT2D eigenvalue weighted by Gasteiger charge is -2.35. The number of amides is 2. The van der Waals surface area contributed by atoms with Gasteiger partial charge in [-0.2, -0.15) is 0 Å². The van der Waals surface area contributed by atoms with Gasteiger partial charge in [0.15, 0.2) is 0 Å². The van der Waals surface area contributed by atoms with Gasteiger partial charge in [0.2, 0.25) is 5.91 Å². The van der Waals surface area contributed by atoms with Gasteiger partial charge >= 0.3 is 6.09 Å². The van der Waals surface area contributed by atoms with Gasteiger partial charge in [0.1, 0.15) is 12.4 Å². The molecule has 3 rings (SSSR count). The first-order chi connectivity index (χ1) is 9.13. The van der Waals surface area contributed by atoms with Gasteiger partial charge < -0.3 is 14.2 Å². The maximum atomic E-state index is 12.1. The Kier molecular flexibility index (Phi) is 2.88. The van der Waals surface area contributed by atoms with E-state index in [1.54, 1.807) is 15.9 Å². The summed E-state index contributed by atoms with van der Waals surface area (Å²) in [5, 5.41) is 3.76. The number of carbonyl (C=O) groups is 2. The summed E-state index contributed by atoms with van der Waals surface area (Å²) in [5.41, 5.74) is 0.766. The summed E-state index contributed by atoms with van der Waals surface area (Å²) in [6, 6.07) is 1.75. The summed E-state index contributed by atoms with van der Waals surface area (Å²) < 4.78 is 10.0. The fourth-order valence-corrected chi connectivity index (χ4v) is 2.48. The minimum absolute atomic E-state index is 0.00449. The molecule has 102 valence electrons. The van der Waals surface area contributed by atoms with Crippen LogP contribution < -0.4 is 0 Å². The van der Waals surface area contributed by atoms with Gasteiger partial charge in [0.05, 0.1) is 18.2 Å². The third kappa shape index (κ3) is 2.27. The zero-order valence-corrected chi connectivity index (χ0v) is 10.7. The monoisotopic (exact) mass is 265 g/mol. The fraction of sp³-hybridized carbons (Fsp3) is 0.583. The van der Waals surface area contributed by atoms with E-state index < -0.39 is 0 Å². The second-order valence-corrected chi connectivity index (χ2v) is 4.88. The van der Waals surface area contributed by atoms with E-state index in [1.807, 2.05) is 6.92 Å². The van der Waals surface area contributed by atoms with E-state index in [4.69, 9.17) is 9.26 Å². The average Bonchev–Trinajstić information content (AvgIpc) is 2.96. The molecule has 2 saturated heterocycles. The van der Waals surface area contributed by atoms with E-state index in [9.17, 15) is 9.59 Å². The van der Waals surface area contributed by atoms with Crippen LogP contribution >= 0.6 is 0 Å². The van der Waals surface area contributed by atoms with Crippen LogP contribution in [-0.2, 0) is 16.0 Å². The molecule has 2 aliphatic heterocycles. The van der Waals surface area contributed by atoms with Gasteiger partial charge in [-0.1, -0.05) is 5.16 Å². The molecule has 1 atom stereocenters. The van der Waals surface area contributed by atoms with Crippen molar-refractivity contribution < 1.29 is 18.8 Å². The molecular weight excluding hydrogens is 250 g/mol. The summed E-state index contributed by atoms with van der Waals surface area (Å²) in [6.07, 6.45) is -0.0644. The maximum Gasteiger partial charge on any atom is 0.410 e. The third-order valence-corrected chi connectivity index (χ3v) is 3.47. The lowest BCUT2D eigenvalue weighted by atomic mass is 10.2. The molecule has 0 radical (unpaired) electrons. The van der Waals surface area contributed by atoms with Crippen LogP contribution in [0.15, 0.2) is 10.6 Å². The van der Waals surface area contributed by atoms with E-state index in [-0.39, 0.29) is 24.5 Å². The molecule has 19 heavy (non-hydrogen) atoms. The fourth-order valence-electron chi connectivity index (χ4n) is 2.48. The van der Waals surface area contributed by atoms with Gasteiger partial charge in [-0.3, -0.25) is 9.69 Å². The lowest BCUT2D eigenvalue weighted by molar-refractivity contribution is -0.132. The Morgan fingerprint density at radius 2 is 2.37 bits per heavy atom. The number of hydrogen-bond donors (Lipinski definition) is 0. The Morgan fingerprint density at radius 1 is 1.53 bits per heavy atom. The van der Waals surface area contributed by atoms with Crippen LogP contribution in [0.1, 0.15) is 11.5 Å². The second kappa shape index (κ2) is 4.56. The van der Waals surface area contributed by atoms with E-state index in [0.717, 1.165) is 5.69 Å². The van der Waals surface area contributed by atoms with Crippen LogP contribution in [0.4, 0.5) is 4.79 Å². The zero-order valence-electron chi connectivity index (χ0n) is 10.7. The van der Waals surface area contributed by atoms with Crippen molar-refractivity contribution in [2.45, 2.75) is 19.4 Å². The molecule has 2 fully saturated rings. The standard InChI is InChI=1S/C12H15N3O4/c1-8-4-10(19-13-8)5-11(16)14-2-3-15-9(6-14)7-18-12(15)17/h4,9H,2-3,5-7H2,1H3. The van der Waals surface area contributed by atoms with Crippen molar-refractivity contribution in [3.8, 4) is 0 Å². The van der Waals surface area contributed by atoms with Crippen LogP contribution in [0.25, 0.3) is 0 Å². The Bertz CT molecular complexity index is 513. The first-order valence-corrected chi connectivity index (χ1v) is 6.27. The highest BCUT2D eigenvalue weighted by Gasteiger charge is 2.38. The topological polar surface area (TPSA) is 75.9 Å². The zero-order chi connectivity index (χ0) is 13.4. The van der Waals surface area contributed by atoms with Crippen LogP contribution in [0.2, 0.25) is 0 Å². The second-order valence-electron chi connectivity index (χ2n) is 4.88. The molecule has 0 spiro atoms. The summed E-state index contributed by atoms with van der Waals surface area (Å²) >= 11 is 0. The van der Waals surface area contributed by atoms with Crippen LogP contribution in [0, 0.1) is 6.92 Å². The Hall–Kier alpha value is -2.05. The van der Waals surface area contributed by atoms with Gasteiger partial charge in [-0.15, -0.1) is 0 Å². The number of carbonyl (C=O) groups excluding carboxylic acids is 2. The molecule has 0 bridgehead atoms. The molecule has 7 heteroatoms. The molecule has 0 aromatic carbocycles. The minimum atomic E-state index is -0.275. The highest BCUT2D eigenvalue weighted by molar-refractivity contribution is 5.79. The summed E-state index contributed by atoms with van der Waals surface area (Å²) in [6.45, 7) is 3.78. The van der Waals surface area contributed by atoms with Gasteiger partial charge in [-0.25, -0.2) is 4.79 Å². The van der Waals surface area contributed by atoms with Gasteiger partial charge in [0, 0.05) is 25.7 Å². The summed E-state index contributed by atoms with van der Waals surface area (Å²) in [5.74, 6) is 0.568. The smallest absolute Gasteiger partial charge is 0.410 e. The number of aryl methyl sites for hydroxylation is 1. The molecule has 1 aromatic rings. The summed E-state index contributed by atoms with van der Waals surface area (Å²) in [7, 11) is 0. The highest BCUT2D eigenvalue weighted by Crippen LogP contribution is 2.18. The lowest BCUT2D eigenvalue weighted by Crippen LogP contribution is -2.54. The van der Waals surface area contributed by atoms with Crippen molar-refractivity contribution in [2.75, 3.05) is 26.2 Å². The Balaban J connectivity index is 1.61. The number of hydrogen-bond acceptors (Lipinski definition) is 5. The molecule has 0 N–H and O–H groups in total. The van der Waals surface area contributed by atoms with E-state index in [0.29, 0.717) is 32.0 Å². The predicted molar refractivity (Wildman–Crippen MR) is 63.4 cm³/mol. The van der Waals surface area contributed by atoms with Gasteiger partial charge in [0.25, 0.3) is 0 Å². The van der Waals surface area contributed by atoms with E-state index in [2.05, 4.69) is 5.16 Å². The van der Waals surface area contributed by atoms with Crippen molar-refractivity contribution in [3.63, 3.8) is 0 Å². The van der Waals surface area contributed by atoms with E-state index in [1.165, 1.54) is 0 Å². The molecule has 2 aliphatic rings. The number of cyclic esters (lactones) is 1. The van der Waals surface area contributed by atoms with Crippen molar-refractivity contribution >= 4 is 12.0 Å². The van der Waals surface area contributed by atoms with Crippen LogP contribution in [0.3, 0.4) is 0 Å². The molecule has 1 aromatic heterocycles. The number of ether oxygens (including phenoxy) is 1. The van der Waals surface area contributed by atoms with Crippen molar-refractivity contribution in [1.29, 1.82) is 0 Å². The Labute approximate surface area is 110 Å². The Morgan fingerprint density at radius 3 is 3.11 bits per heavy atom. The molecule has 0 saturated carbocycles. The van der Waals surface area contributed by atoms with Gasteiger partial charge in [-0.05, 0) is 6.92 Å². The minimum Gasteiger partial charge on any atom is -0.447 e. The molecular formula is C12H15N3O4. The van der Waals surface area contributed by atoms with E-state index >= 15 is 0 Å². The summed E-state index contributed by atoms with van der Waals surface area (Å²) in [4.78, 5) is 26.9. The van der Waals surface area contributed by atoms with Crippen molar-refractivity contribution in [3.05, 3.63) is 17.5 Å². The first-order valence-electron chi connectivity index (χ1n) is 6.27. The number of aromatic nitrogens is 1. The molecule has 7 nitrogen and oxygen atoms in total. The third-order valence-electron chi connectivity index (χ3n) is 3.47. The maximum absolute atomic E-state index is 12.1. The molecule has 3 heterocycles. The number of fused-ring (bicyclic) bond motifs is 1. The highest BCUT2D eigenvalue weighted by atomic mass is 16.6. The van der Waals surface area contributed by atoms with Crippen molar-refractivity contribution in [2.24, 2.45) is 0 Å². The number of nitrogens with zero attached hydrogens (tertiary/aromatic N) is 3. The van der Waals surface area contributed by atoms with Crippen LogP contribution in [-0.4, -0.2) is 59.2 Å². The number of rotatable bonds is 2. The number of piperazine rings is 1. The largest absolute Gasteiger partial charge is 0.447 e. The molecule has 1 unspecified atom stereocenters. The molecule has 2 amide bonds. The van der Waals surface area contributed by atoms with Crippen LogP contribution in [0.5, 0.6) is 0 Å².